The number of anilines is 2. The van der Waals surface area contributed by atoms with E-state index in [4.69, 9.17) is 0 Å². The standard InChI is InChI=1S/C18H21N5O3S/c1-10(2)23-9-13(8-15(23)24)17(26)19-14-6-4-12(5-7-14)16(25)20-18-22-21-11(3)27-18/h4-7,10,13H,8-9H2,1-3H3,(H,19,26)(H,20,22,25). The normalized spacial score (nSPS) is 16.7. The number of carbonyl (C=O) groups is 3. The monoisotopic (exact) mass is 387 g/mol. The van der Waals surface area contributed by atoms with Crippen LogP contribution in [-0.4, -0.2) is 45.4 Å². The van der Waals surface area contributed by atoms with E-state index in [1.807, 2.05) is 20.8 Å². The molecule has 1 fully saturated rings. The molecule has 3 rings (SSSR count). The molecule has 1 aliphatic rings. The van der Waals surface area contributed by atoms with Gasteiger partial charge in [0.1, 0.15) is 5.01 Å². The molecule has 1 saturated heterocycles. The highest BCUT2D eigenvalue weighted by Gasteiger charge is 2.35. The number of rotatable bonds is 5. The smallest absolute Gasteiger partial charge is 0.257 e. The summed E-state index contributed by atoms with van der Waals surface area (Å²) in [6.07, 6.45) is 0.228. The van der Waals surface area contributed by atoms with Crippen LogP contribution in [0.5, 0.6) is 0 Å². The van der Waals surface area contributed by atoms with E-state index in [1.54, 1.807) is 29.2 Å². The summed E-state index contributed by atoms with van der Waals surface area (Å²) < 4.78 is 0. The van der Waals surface area contributed by atoms with Crippen LogP contribution in [0.4, 0.5) is 10.8 Å². The molecule has 1 aliphatic heterocycles. The SMILES string of the molecule is Cc1nnc(NC(=O)c2ccc(NC(=O)C3CC(=O)N(C(C)C)C3)cc2)s1. The molecule has 1 atom stereocenters. The van der Waals surface area contributed by atoms with Crippen LogP contribution in [-0.2, 0) is 9.59 Å². The van der Waals surface area contributed by atoms with Crippen molar-refractivity contribution in [1.82, 2.24) is 15.1 Å². The summed E-state index contributed by atoms with van der Waals surface area (Å²) in [6, 6.07) is 6.66. The molecule has 142 valence electrons. The van der Waals surface area contributed by atoms with Gasteiger partial charge in [-0.25, -0.2) is 0 Å². The number of aromatic nitrogens is 2. The van der Waals surface area contributed by atoms with Gasteiger partial charge in [0.2, 0.25) is 16.9 Å². The largest absolute Gasteiger partial charge is 0.339 e. The maximum absolute atomic E-state index is 12.4. The average Bonchev–Trinajstić information content (AvgIpc) is 3.21. The van der Waals surface area contributed by atoms with Crippen LogP contribution in [0.25, 0.3) is 0 Å². The first-order chi connectivity index (χ1) is 12.8. The van der Waals surface area contributed by atoms with Crippen LogP contribution >= 0.6 is 11.3 Å². The zero-order chi connectivity index (χ0) is 19.6. The summed E-state index contributed by atoms with van der Waals surface area (Å²) in [5, 5.41) is 14.4. The van der Waals surface area contributed by atoms with Gasteiger partial charge in [-0.3, -0.25) is 19.7 Å². The van der Waals surface area contributed by atoms with Gasteiger partial charge in [0, 0.05) is 30.3 Å². The highest BCUT2D eigenvalue weighted by atomic mass is 32.1. The number of nitrogens with one attached hydrogen (secondary N) is 2. The molecule has 2 N–H and O–H groups in total. The van der Waals surface area contributed by atoms with E-state index in [1.165, 1.54) is 11.3 Å². The van der Waals surface area contributed by atoms with Crippen LogP contribution in [0.3, 0.4) is 0 Å². The Balaban J connectivity index is 1.58. The lowest BCUT2D eigenvalue weighted by Crippen LogP contribution is -2.33. The van der Waals surface area contributed by atoms with E-state index in [0.29, 0.717) is 22.9 Å². The number of aryl methyl sites for hydroxylation is 1. The predicted octanol–water partition coefficient (Wildman–Crippen LogP) is 2.29. The van der Waals surface area contributed by atoms with E-state index < -0.39 is 0 Å². The lowest BCUT2D eigenvalue weighted by Gasteiger charge is -2.20. The fraction of sp³-hybridized carbons (Fsp3) is 0.389. The summed E-state index contributed by atoms with van der Waals surface area (Å²) in [5.41, 5.74) is 1.03. The molecule has 1 unspecified atom stereocenters. The zero-order valence-corrected chi connectivity index (χ0v) is 16.2. The van der Waals surface area contributed by atoms with Crippen LogP contribution in [0.2, 0.25) is 0 Å². The Labute approximate surface area is 161 Å². The maximum Gasteiger partial charge on any atom is 0.257 e. The summed E-state index contributed by atoms with van der Waals surface area (Å²) in [7, 11) is 0. The van der Waals surface area contributed by atoms with Crippen molar-refractivity contribution in [2.75, 3.05) is 17.2 Å². The van der Waals surface area contributed by atoms with Gasteiger partial charge in [0.25, 0.3) is 5.91 Å². The molecule has 1 aromatic heterocycles. The fourth-order valence-corrected chi connectivity index (χ4v) is 3.46. The van der Waals surface area contributed by atoms with Crippen LogP contribution in [0, 0.1) is 12.8 Å². The molecule has 8 nitrogen and oxygen atoms in total. The van der Waals surface area contributed by atoms with Crippen LogP contribution in [0.15, 0.2) is 24.3 Å². The molecule has 0 spiro atoms. The van der Waals surface area contributed by atoms with Gasteiger partial charge < -0.3 is 10.2 Å². The van der Waals surface area contributed by atoms with E-state index in [0.717, 1.165) is 5.01 Å². The highest BCUT2D eigenvalue weighted by molar-refractivity contribution is 7.15. The third-order valence-corrected chi connectivity index (χ3v) is 5.07. The van der Waals surface area contributed by atoms with Gasteiger partial charge in [-0.1, -0.05) is 11.3 Å². The van der Waals surface area contributed by atoms with Gasteiger partial charge >= 0.3 is 0 Å². The molecule has 2 aromatic rings. The van der Waals surface area contributed by atoms with Crippen molar-refractivity contribution in [3.63, 3.8) is 0 Å². The second-order valence-electron chi connectivity index (χ2n) is 6.69. The quantitative estimate of drug-likeness (QED) is 0.819. The number of amides is 3. The van der Waals surface area contributed by atoms with Crippen molar-refractivity contribution in [2.45, 2.75) is 33.2 Å². The number of hydrogen-bond donors (Lipinski definition) is 2. The van der Waals surface area contributed by atoms with Gasteiger partial charge in [0.15, 0.2) is 0 Å². The third-order valence-electron chi connectivity index (χ3n) is 4.31. The van der Waals surface area contributed by atoms with Gasteiger partial charge in [0.05, 0.1) is 5.92 Å². The molecule has 27 heavy (non-hydrogen) atoms. The van der Waals surface area contributed by atoms with E-state index in [-0.39, 0.29) is 36.1 Å². The van der Waals surface area contributed by atoms with Gasteiger partial charge in [-0.05, 0) is 45.0 Å². The topological polar surface area (TPSA) is 104 Å². The molecule has 9 heteroatoms. The average molecular weight is 387 g/mol. The molecule has 0 radical (unpaired) electrons. The summed E-state index contributed by atoms with van der Waals surface area (Å²) in [6.45, 7) is 6.11. The highest BCUT2D eigenvalue weighted by Crippen LogP contribution is 2.22. The minimum Gasteiger partial charge on any atom is -0.339 e. The molecule has 2 heterocycles. The van der Waals surface area contributed by atoms with Crippen molar-refractivity contribution < 1.29 is 14.4 Å². The summed E-state index contributed by atoms with van der Waals surface area (Å²) in [4.78, 5) is 38.3. The van der Waals surface area contributed by atoms with E-state index in [9.17, 15) is 14.4 Å². The molecule has 0 aliphatic carbocycles. The Morgan fingerprint density at radius 3 is 2.44 bits per heavy atom. The van der Waals surface area contributed by atoms with E-state index in [2.05, 4.69) is 20.8 Å². The molecule has 0 bridgehead atoms. The first-order valence-electron chi connectivity index (χ1n) is 8.65. The molecule has 3 amide bonds. The zero-order valence-electron chi connectivity index (χ0n) is 15.4. The number of hydrogen-bond acceptors (Lipinski definition) is 6. The Bertz CT molecular complexity index is 862. The van der Waals surface area contributed by atoms with E-state index >= 15 is 0 Å². The van der Waals surface area contributed by atoms with Crippen molar-refractivity contribution in [2.24, 2.45) is 5.92 Å². The van der Waals surface area contributed by atoms with Gasteiger partial charge in [-0.15, -0.1) is 10.2 Å². The Morgan fingerprint density at radius 1 is 1.19 bits per heavy atom. The Hall–Kier alpha value is -2.81. The second-order valence-corrected chi connectivity index (χ2v) is 7.87. The molecule has 1 aromatic carbocycles. The van der Waals surface area contributed by atoms with Crippen molar-refractivity contribution >= 4 is 39.9 Å². The number of carbonyl (C=O) groups excluding carboxylic acids is 3. The van der Waals surface area contributed by atoms with Crippen LogP contribution in [0.1, 0.15) is 35.6 Å². The lowest BCUT2D eigenvalue weighted by molar-refractivity contribution is -0.129. The Morgan fingerprint density at radius 2 is 1.89 bits per heavy atom. The maximum atomic E-state index is 12.4. The Kier molecular flexibility index (Phi) is 5.50. The van der Waals surface area contributed by atoms with Crippen molar-refractivity contribution in [1.29, 1.82) is 0 Å². The number of benzene rings is 1. The molecular weight excluding hydrogens is 366 g/mol. The minimum atomic E-state index is -0.358. The molecular formula is C18H21N5O3S. The minimum absolute atomic E-state index is 0.00378. The first-order valence-corrected chi connectivity index (χ1v) is 9.47. The van der Waals surface area contributed by atoms with Gasteiger partial charge in [-0.2, -0.15) is 0 Å². The van der Waals surface area contributed by atoms with Crippen molar-refractivity contribution in [3.8, 4) is 0 Å². The number of likely N-dealkylation sites (tertiary alicyclic amines) is 1. The lowest BCUT2D eigenvalue weighted by atomic mass is 10.1. The fourth-order valence-electron chi connectivity index (χ4n) is 2.87. The summed E-state index contributed by atoms with van der Waals surface area (Å²) in [5.74, 6) is -0.835. The first kappa shape index (κ1) is 19.0. The second kappa shape index (κ2) is 7.83. The molecule has 0 saturated carbocycles. The van der Waals surface area contributed by atoms with Crippen LogP contribution < -0.4 is 10.6 Å². The predicted molar refractivity (Wildman–Crippen MR) is 103 cm³/mol. The number of nitrogens with zero attached hydrogens (tertiary/aromatic N) is 3. The summed E-state index contributed by atoms with van der Waals surface area (Å²) >= 11 is 1.30. The third kappa shape index (κ3) is 4.48. The van der Waals surface area contributed by atoms with Crippen molar-refractivity contribution in [3.05, 3.63) is 34.8 Å².